The van der Waals surface area contributed by atoms with Crippen LogP contribution in [0.25, 0.3) is 11.2 Å². The molecule has 2 aliphatic heterocycles. The van der Waals surface area contributed by atoms with Crippen LogP contribution in [0.5, 0.6) is 0 Å². The zero-order chi connectivity index (χ0) is 19.7. The normalized spacial score (nSPS) is 29.9. The van der Waals surface area contributed by atoms with Crippen LogP contribution in [0.3, 0.4) is 0 Å². The van der Waals surface area contributed by atoms with Gasteiger partial charge in [-0.1, -0.05) is 0 Å². The number of hydrogen-bond acceptors (Lipinski definition) is 10. The third kappa shape index (κ3) is 3.46. The number of carbonyl (C=O) groups is 1. The van der Waals surface area contributed by atoms with E-state index in [0.717, 1.165) is 6.42 Å². The van der Waals surface area contributed by atoms with Crippen molar-refractivity contribution in [1.29, 1.82) is 0 Å². The number of rotatable bonds is 5. The Balaban J connectivity index is 1.54. The molecular weight excluding hydrogens is 372 g/mol. The minimum absolute atomic E-state index is 0.143. The third-order valence-electron chi connectivity index (χ3n) is 4.82. The van der Waals surface area contributed by atoms with Gasteiger partial charge in [-0.3, -0.25) is 4.57 Å². The summed E-state index contributed by atoms with van der Waals surface area (Å²) in [7, 11) is 1.42. The fourth-order valence-corrected chi connectivity index (χ4v) is 3.31. The molecule has 0 radical (unpaired) electrons. The molecule has 2 aromatic rings. The minimum atomic E-state index is -1.25. The van der Waals surface area contributed by atoms with Gasteiger partial charge in [-0.15, -0.1) is 0 Å². The molecule has 0 bridgehead atoms. The van der Waals surface area contributed by atoms with Crippen molar-refractivity contribution in [3.05, 3.63) is 12.7 Å². The number of fused-ring (bicyclic) bond motifs is 1. The first-order chi connectivity index (χ1) is 13.6. The first kappa shape index (κ1) is 18.8. The molecule has 4 N–H and O–H groups in total. The van der Waals surface area contributed by atoms with E-state index in [4.69, 9.17) is 14.2 Å². The summed E-state index contributed by atoms with van der Waals surface area (Å²) in [5, 5.41) is 26.3. The van der Waals surface area contributed by atoms with Crippen LogP contribution in [0.2, 0.25) is 0 Å². The average Bonchev–Trinajstić information content (AvgIpc) is 3.42. The molecule has 28 heavy (non-hydrogen) atoms. The maximum Gasteiger partial charge on any atom is 0.406 e. The van der Waals surface area contributed by atoms with Gasteiger partial charge in [0.15, 0.2) is 23.2 Å². The van der Waals surface area contributed by atoms with Crippen molar-refractivity contribution in [2.45, 2.75) is 37.0 Å². The van der Waals surface area contributed by atoms with Gasteiger partial charge in [0.25, 0.3) is 0 Å². The predicted molar refractivity (Wildman–Crippen MR) is 94.5 cm³/mol. The summed E-state index contributed by atoms with van der Waals surface area (Å²) < 4.78 is 17.5. The summed E-state index contributed by atoms with van der Waals surface area (Å²) in [5.41, 5.74) is 0.963. The topological polar surface area (TPSA) is 153 Å². The van der Waals surface area contributed by atoms with Crippen LogP contribution < -0.4 is 10.6 Å². The lowest BCUT2D eigenvalue weighted by Crippen LogP contribution is -2.35. The van der Waals surface area contributed by atoms with E-state index < -0.39 is 30.6 Å². The molecular formula is C16H22N6O6. The van der Waals surface area contributed by atoms with Crippen molar-refractivity contribution in [1.82, 2.24) is 24.8 Å². The number of alkyl carbamates (subject to hydrolysis) is 1. The van der Waals surface area contributed by atoms with E-state index >= 15 is 0 Å². The number of amides is 1. The van der Waals surface area contributed by atoms with Gasteiger partial charge in [-0.25, -0.2) is 19.7 Å². The van der Waals surface area contributed by atoms with Crippen LogP contribution in [0.15, 0.2) is 12.7 Å². The number of nitrogens with zero attached hydrogens (tertiary/aromatic N) is 4. The molecule has 152 valence electrons. The molecule has 2 aliphatic rings. The highest BCUT2D eigenvalue weighted by Gasteiger charge is 2.45. The molecule has 0 unspecified atom stereocenters. The number of carbonyl (C=O) groups excluding carboxylic acids is 1. The summed E-state index contributed by atoms with van der Waals surface area (Å²) in [6.07, 6.45) is -1.22. The predicted octanol–water partition coefficient (Wildman–Crippen LogP) is -0.998. The third-order valence-corrected chi connectivity index (χ3v) is 4.82. The largest absolute Gasteiger partial charge is 0.447 e. The number of aliphatic hydroxyl groups is 2. The molecule has 5 atom stereocenters. The van der Waals surface area contributed by atoms with Crippen molar-refractivity contribution in [2.24, 2.45) is 0 Å². The second kappa shape index (κ2) is 7.83. The van der Waals surface area contributed by atoms with E-state index in [2.05, 4.69) is 25.6 Å². The second-order valence-corrected chi connectivity index (χ2v) is 6.65. The van der Waals surface area contributed by atoms with Crippen molar-refractivity contribution < 1.29 is 29.2 Å². The monoisotopic (exact) mass is 394 g/mol. The number of aliphatic hydroxyl groups excluding tert-OH is 2. The fourth-order valence-electron chi connectivity index (χ4n) is 3.31. The molecule has 0 aliphatic carbocycles. The Morgan fingerprint density at radius 2 is 2.21 bits per heavy atom. The second-order valence-electron chi connectivity index (χ2n) is 6.65. The molecule has 0 saturated carbocycles. The van der Waals surface area contributed by atoms with Crippen LogP contribution >= 0.6 is 0 Å². The SMILES string of the molecule is CNC(=O)OC[C@H]1O[C@@H](n2cnc3c(N[C@@H]4CCOC4)ncnc32)[C@H](O)[C@@H]1O. The number of imidazole rings is 1. The highest BCUT2D eigenvalue weighted by atomic mass is 16.6. The van der Waals surface area contributed by atoms with Crippen molar-refractivity contribution in [2.75, 3.05) is 32.2 Å². The average molecular weight is 394 g/mol. The number of nitrogens with one attached hydrogen (secondary N) is 2. The Morgan fingerprint density at radius 3 is 2.96 bits per heavy atom. The Hall–Kier alpha value is -2.54. The maximum absolute atomic E-state index is 11.2. The van der Waals surface area contributed by atoms with E-state index in [0.29, 0.717) is 30.2 Å². The van der Waals surface area contributed by atoms with Gasteiger partial charge in [0.1, 0.15) is 31.2 Å². The molecule has 2 fully saturated rings. The quantitative estimate of drug-likeness (QED) is 0.497. The van der Waals surface area contributed by atoms with E-state index in [-0.39, 0.29) is 12.6 Å². The standard InChI is InChI=1S/C16H22N6O6/c1-17-16(25)27-5-9-11(23)12(24)15(28-9)22-7-20-10-13(18-6-19-14(10)22)21-8-2-3-26-4-8/h6-9,11-12,15,23-24H,2-5H2,1H3,(H,17,25)(H,18,19,21)/t8-,9-,11-,12-,15-/m1/s1. The molecule has 12 nitrogen and oxygen atoms in total. The molecule has 4 rings (SSSR count). The lowest BCUT2D eigenvalue weighted by atomic mass is 10.1. The van der Waals surface area contributed by atoms with Crippen molar-refractivity contribution in [3.8, 4) is 0 Å². The van der Waals surface area contributed by atoms with Gasteiger partial charge in [0.05, 0.1) is 19.0 Å². The Bertz CT molecular complexity index is 840. The van der Waals surface area contributed by atoms with Gasteiger partial charge < -0.3 is 35.1 Å². The van der Waals surface area contributed by atoms with Gasteiger partial charge in [0, 0.05) is 13.7 Å². The first-order valence-electron chi connectivity index (χ1n) is 8.96. The minimum Gasteiger partial charge on any atom is -0.447 e. The summed E-state index contributed by atoms with van der Waals surface area (Å²) in [6, 6.07) is 0.143. The molecule has 1 amide bonds. The van der Waals surface area contributed by atoms with Crippen LogP contribution in [0, 0.1) is 0 Å². The lowest BCUT2D eigenvalue weighted by Gasteiger charge is -2.17. The van der Waals surface area contributed by atoms with Crippen LogP contribution in [0.1, 0.15) is 12.6 Å². The molecule has 0 aromatic carbocycles. The van der Waals surface area contributed by atoms with Gasteiger partial charge >= 0.3 is 6.09 Å². The van der Waals surface area contributed by atoms with Crippen LogP contribution in [-0.4, -0.2) is 87.0 Å². The number of aromatic nitrogens is 4. The maximum atomic E-state index is 11.2. The van der Waals surface area contributed by atoms with Gasteiger partial charge in [-0.05, 0) is 6.42 Å². The Labute approximate surface area is 159 Å². The van der Waals surface area contributed by atoms with Gasteiger partial charge in [0.2, 0.25) is 0 Å². The molecule has 4 heterocycles. The summed E-state index contributed by atoms with van der Waals surface area (Å²) >= 11 is 0. The fraction of sp³-hybridized carbons (Fsp3) is 0.625. The number of hydrogen-bond donors (Lipinski definition) is 4. The van der Waals surface area contributed by atoms with Crippen LogP contribution in [0.4, 0.5) is 10.6 Å². The summed E-state index contributed by atoms with van der Waals surface area (Å²) in [6.45, 7) is 1.08. The van der Waals surface area contributed by atoms with E-state index in [9.17, 15) is 15.0 Å². The summed E-state index contributed by atoms with van der Waals surface area (Å²) in [4.78, 5) is 24.1. The Kier molecular flexibility index (Phi) is 5.26. The molecule has 2 saturated heterocycles. The van der Waals surface area contributed by atoms with Gasteiger partial charge in [-0.2, -0.15) is 0 Å². The zero-order valence-electron chi connectivity index (χ0n) is 15.2. The van der Waals surface area contributed by atoms with E-state index in [1.54, 1.807) is 0 Å². The van der Waals surface area contributed by atoms with Crippen molar-refractivity contribution >= 4 is 23.1 Å². The van der Waals surface area contributed by atoms with Crippen molar-refractivity contribution in [3.63, 3.8) is 0 Å². The van der Waals surface area contributed by atoms with E-state index in [1.807, 2.05) is 0 Å². The van der Waals surface area contributed by atoms with Crippen LogP contribution in [-0.2, 0) is 14.2 Å². The lowest BCUT2D eigenvalue weighted by molar-refractivity contribution is -0.0531. The van der Waals surface area contributed by atoms with E-state index in [1.165, 1.54) is 24.3 Å². The zero-order valence-corrected chi connectivity index (χ0v) is 15.2. The highest BCUT2D eigenvalue weighted by Crippen LogP contribution is 2.32. The molecule has 2 aromatic heterocycles. The first-order valence-corrected chi connectivity index (χ1v) is 8.96. The number of ether oxygens (including phenoxy) is 3. The summed E-state index contributed by atoms with van der Waals surface area (Å²) in [5.74, 6) is 0.562. The Morgan fingerprint density at radius 1 is 1.36 bits per heavy atom. The number of anilines is 1. The highest BCUT2D eigenvalue weighted by molar-refractivity contribution is 5.82. The smallest absolute Gasteiger partial charge is 0.406 e. The molecule has 0 spiro atoms. The molecule has 12 heteroatoms.